The molecule has 0 aliphatic rings. The number of nitrogen functional groups attached to an aromatic ring is 1. The number of hydrogen-bond acceptors (Lipinski definition) is 3. The van der Waals surface area contributed by atoms with E-state index in [9.17, 15) is 0 Å². The van der Waals surface area contributed by atoms with Gasteiger partial charge in [-0.3, -0.25) is 0 Å². The molecule has 0 radical (unpaired) electrons. The summed E-state index contributed by atoms with van der Waals surface area (Å²) >= 11 is 0. The Kier molecular flexibility index (Phi) is 3.65. The Morgan fingerprint density at radius 1 is 0.947 bits per heavy atom. The van der Waals surface area contributed by atoms with Crippen molar-refractivity contribution in [2.24, 2.45) is 0 Å². The Morgan fingerprint density at radius 2 is 1.63 bits per heavy atom. The standard InChI is InChI=1S/C16H21N3/c1-11-5-7-13(17)9-15(11)18-14-8-6-12(2)16(10-14)19(3)4/h5-10,18H,17H2,1-4H3. The number of nitrogens with zero attached hydrogens (tertiary/aromatic N) is 1. The third kappa shape index (κ3) is 2.99. The lowest BCUT2D eigenvalue weighted by atomic mass is 10.1. The van der Waals surface area contributed by atoms with Crippen LogP contribution in [0.3, 0.4) is 0 Å². The van der Waals surface area contributed by atoms with Gasteiger partial charge in [-0.1, -0.05) is 12.1 Å². The number of anilines is 4. The lowest BCUT2D eigenvalue weighted by Gasteiger charge is -2.18. The van der Waals surface area contributed by atoms with Gasteiger partial charge in [-0.05, 0) is 49.2 Å². The molecule has 3 heteroatoms. The van der Waals surface area contributed by atoms with Crippen LogP contribution in [0.5, 0.6) is 0 Å². The van der Waals surface area contributed by atoms with E-state index in [0.29, 0.717) is 0 Å². The fourth-order valence-electron chi connectivity index (χ4n) is 2.10. The molecule has 0 aromatic heterocycles. The quantitative estimate of drug-likeness (QED) is 0.822. The molecule has 0 saturated heterocycles. The summed E-state index contributed by atoms with van der Waals surface area (Å²) in [6.45, 7) is 4.19. The predicted molar refractivity (Wildman–Crippen MR) is 84.4 cm³/mol. The fraction of sp³-hybridized carbons (Fsp3) is 0.250. The number of hydrogen-bond donors (Lipinski definition) is 2. The molecule has 0 aliphatic carbocycles. The van der Waals surface area contributed by atoms with Crippen molar-refractivity contribution in [3.8, 4) is 0 Å². The van der Waals surface area contributed by atoms with E-state index in [0.717, 1.165) is 17.1 Å². The minimum absolute atomic E-state index is 0.771. The van der Waals surface area contributed by atoms with E-state index < -0.39 is 0 Å². The third-order valence-electron chi connectivity index (χ3n) is 3.23. The summed E-state index contributed by atoms with van der Waals surface area (Å²) in [4.78, 5) is 2.12. The Morgan fingerprint density at radius 3 is 2.32 bits per heavy atom. The molecule has 19 heavy (non-hydrogen) atoms. The molecule has 0 bridgehead atoms. The van der Waals surface area contributed by atoms with E-state index in [2.05, 4.69) is 56.4 Å². The molecule has 0 saturated carbocycles. The topological polar surface area (TPSA) is 41.3 Å². The zero-order chi connectivity index (χ0) is 14.0. The second kappa shape index (κ2) is 5.22. The van der Waals surface area contributed by atoms with E-state index in [1.807, 2.05) is 18.2 Å². The van der Waals surface area contributed by atoms with Gasteiger partial charge < -0.3 is 16.0 Å². The molecule has 100 valence electrons. The SMILES string of the molecule is Cc1ccc(N)cc1Nc1ccc(C)c(N(C)C)c1. The minimum atomic E-state index is 0.771. The molecular weight excluding hydrogens is 234 g/mol. The summed E-state index contributed by atoms with van der Waals surface area (Å²) in [6.07, 6.45) is 0. The zero-order valence-corrected chi connectivity index (χ0v) is 12.0. The lowest BCUT2D eigenvalue weighted by Crippen LogP contribution is -2.10. The summed E-state index contributed by atoms with van der Waals surface area (Å²) in [6, 6.07) is 12.3. The van der Waals surface area contributed by atoms with Crippen LogP contribution in [-0.2, 0) is 0 Å². The van der Waals surface area contributed by atoms with Gasteiger partial charge in [0.25, 0.3) is 0 Å². The molecule has 2 aromatic rings. The second-order valence-corrected chi connectivity index (χ2v) is 5.10. The maximum atomic E-state index is 5.84. The van der Waals surface area contributed by atoms with E-state index in [-0.39, 0.29) is 0 Å². The van der Waals surface area contributed by atoms with Crippen LogP contribution >= 0.6 is 0 Å². The molecule has 0 aliphatic heterocycles. The van der Waals surface area contributed by atoms with E-state index in [1.165, 1.54) is 16.8 Å². The van der Waals surface area contributed by atoms with Crippen LogP contribution in [0.2, 0.25) is 0 Å². The fourth-order valence-corrected chi connectivity index (χ4v) is 2.10. The predicted octanol–water partition coefficient (Wildman–Crippen LogP) is 3.70. The first-order valence-electron chi connectivity index (χ1n) is 6.38. The van der Waals surface area contributed by atoms with Crippen molar-refractivity contribution in [3.05, 3.63) is 47.5 Å². The van der Waals surface area contributed by atoms with Crippen LogP contribution in [-0.4, -0.2) is 14.1 Å². The summed E-state index contributed by atoms with van der Waals surface area (Å²) < 4.78 is 0. The first kappa shape index (κ1) is 13.3. The molecule has 0 heterocycles. The highest BCUT2D eigenvalue weighted by Gasteiger charge is 2.04. The molecular formula is C16H21N3. The summed E-state index contributed by atoms with van der Waals surface area (Å²) in [7, 11) is 4.11. The van der Waals surface area contributed by atoms with Crippen molar-refractivity contribution in [2.45, 2.75) is 13.8 Å². The maximum Gasteiger partial charge on any atom is 0.0434 e. The molecule has 0 fully saturated rings. The van der Waals surface area contributed by atoms with Crippen molar-refractivity contribution in [1.29, 1.82) is 0 Å². The maximum absolute atomic E-state index is 5.84. The van der Waals surface area contributed by atoms with Gasteiger partial charge in [-0.2, -0.15) is 0 Å². The normalized spacial score (nSPS) is 10.3. The largest absolute Gasteiger partial charge is 0.399 e. The van der Waals surface area contributed by atoms with E-state index in [1.54, 1.807) is 0 Å². The van der Waals surface area contributed by atoms with E-state index in [4.69, 9.17) is 5.73 Å². The number of nitrogens with two attached hydrogens (primary N) is 1. The smallest absolute Gasteiger partial charge is 0.0434 e. The van der Waals surface area contributed by atoms with Gasteiger partial charge in [-0.15, -0.1) is 0 Å². The summed E-state index contributed by atoms with van der Waals surface area (Å²) in [5.41, 5.74) is 12.4. The molecule has 0 atom stereocenters. The van der Waals surface area contributed by atoms with Crippen LogP contribution in [0.4, 0.5) is 22.7 Å². The molecule has 2 aromatic carbocycles. The molecule has 0 spiro atoms. The Labute approximate surface area is 115 Å². The van der Waals surface area contributed by atoms with Gasteiger partial charge in [0, 0.05) is 36.8 Å². The molecule has 3 N–H and O–H groups in total. The zero-order valence-electron chi connectivity index (χ0n) is 12.0. The average Bonchev–Trinajstić information content (AvgIpc) is 2.36. The van der Waals surface area contributed by atoms with Gasteiger partial charge in [0.1, 0.15) is 0 Å². The van der Waals surface area contributed by atoms with Gasteiger partial charge in [-0.25, -0.2) is 0 Å². The van der Waals surface area contributed by atoms with Crippen molar-refractivity contribution >= 4 is 22.7 Å². The van der Waals surface area contributed by atoms with Gasteiger partial charge in [0.05, 0.1) is 0 Å². The molecule has 0 unspecified atom stereocenters. The van der Waals surface area contributed by atoms with Crippen molar-refractivity contribution in [2.75, 3.05) is 30.0 Å². The monoisotopic (exact) mass is 255 g/mol. The highest BCUT2D eigenvalue weighted by Crippen LogP contribution is 2.27. The Hall–Kier alpha value is -2.16. The first-order chi connectivity index (χ1) is 8.97. The van der Waals surface area contributed by atoms with Crippen LogP contribution < -0.4 is 16.0 Å². The van der Waals surface area contributed by atoms with Gasteiger partial charge in [0.15, 0.2) is 0 Å². The summed E-state index contributed by atoms with van der Waals surface area (Å²) in [5.74, 6) is 0. The first-order valence-corrected chi connectivity index (χ1v) is 6.38. The highest BCUT2D eigenvalue weighted by molar-refractivity contribution is 5.70. The highest BCUT2D eigenvalue weighted by atomic mass is 15.1. The lowest BCUT2D eigenvalue weighted by molar-refractivity contribution is 1.11. The van der Waals surface area contributed by atoms with Crippen LogP contribution in [0.15, 0.2) is 36.4 Å². The molecule has 0 amide bonds. The molecule has 3 nitrogen and oxygen atoms in total. The Bertz CT molecular complexity index is 589. The van der Waals surface area contributed by atoms with E-state index >= 15 is 0 Å². The summed E-state index contributed by atoms with van der Waals surface area (Å²) in [5, 5.41) is 3.43. The van der Waals surface area contributed by atoms with Gasteiger partial charge in [0.2, 0.25) is 0 Å². The minimum Gasteiger partial charge on any atom is -0.399 e. The average molecular weight is 255 g/mol. The van der Waals surface area contributed by atoms with Crippen LogP contribution in [0.1, 0.15) is 11.1 Å². The van der Waals surface area contributed by atoms with Crippen molar-refractivity contribution < 1.29 is 0 Å². The number of nitrogens with one attached hydrogen (secondary N) is 1. The van der Waals surface area contributed by atoms with Crippen LogP contribution in [0.25, 0.3) is 0 Å². The second-order valence-electron chi connectivity index (χ2n) is 5.10. The van der Waals surface area contributed by atoms with Gasteiger partial charge >= 0.3 is 0 Å². The van der Waals surface area contributed by atoms with Crippen LogP contribution in [0, 0.1) is 13.8 Å². The van der Waals surface area contributed by atoms with Crippen molar-refractivity contribution in [1.82, 2.24) is 0 Å². The third-order valence-corrected chi connectivity index (χ3v) is 3.23. The molecule has 2 rings (SSSR count). The number of rotatable bonds is 3. The number of benzene rings is 2. The Balaban J connectivity index is 2.33. The number of aryl methyl sites for hydroxylation is 2. The van der Waals surface area contributed by atoms with Crippen molar-refractivity contribution in [3.63, 3.8) is 0 Å².